The molecule has 1 aromatic rings. The summed E-state index contributed by atoms with van der Waals surface area (Å²) >= 11 is 0. The number of halogens is 1. The summed E-state index contributed by atoms with van der Waals surface area (Å²) in [5.74, 6) is 0.139. The summed E-state index contributed by atoms with van der Waals surface area (Å²) < 4.78 is 13.6. The Morgan fingerprint density at radius 3 is 2.94 bits per heavy atom. The van der Waals surface area contributed by atoms with Gasteiger partial charge in [-0.3, -0.25) is 4.98 Å². The van der Waals surface area contributed by atoms with Crippen LogP contribution in [0.4, 0.5) is 4.39 Å². The van der Waals surface area contributed by atoms with Crippen molar-refractivity contribution < 1.29 is 9.50 Å². The van der Waals surface area contributed by atoms with E-state index in [-0.39, 0.29) is 5.92 Å². The lowest BCUT2D eigenvalue weighted by molar-refractivity contribution is 0.0897. The third-order valence-corrected chi connectivity index (χ3v) is 3.40. The Morgan fingerprint density at radius 1 is 1.53 bits per heavy atom. The van der Waals surface area contributed by atoms with E-state index in [9.17, 15) is 9.50 Å². The molecule has 1 aliphatic rings. The lowest BCUT2D eigenvalue weighted by Gasteiger charge is -2.29. The van der Waals surface area contributed by atoms with Crippen molar-refractivity contribution in [2.75, 3.05) is 0 Å². The first-order valence-electron chi connectivity index (χ1n) is 6.02. The van der Waals surface area contributed by atoms with Crippen LogP contribution in [0.15, 0.2) is 30.1 Å². The van der Waals surface area contributed by atoms with Gasteiger partial charge in [0.05, 0.1) is 12.3 Å². The Labute approximate surface area is 101 Å². The molecule has 1 heterocycles. The molecule has 0 saturated heterocycles. The van der Waals surface area contributed by atoms with Crippen LogP contribution in [-0.4, -0.2) is 10.1 Å². The molecule has 0 aromatic carbocycles. The van der Waals surface area contributed by atoms with Gasteiger partial charge in [-0.25, -0.2) is 4.39 Å². The van der Waals surface area contributed by atoms with Gasteiger partial charge in [-0.1, -0.05) is 18.6 Å². The van der Waals surface area contributed by atoms with Gasteiger partial charge in [-0.2, -0.15) is 0 Å². The molecule has 0 amide bonds. The van der Waals surface area contributed by atoms with Gasteiger partial charge in [-0.05, 0) is 37.7 Å². The zero-order chi connectivity index (χ0) is 12.4. The van der Waals surface area contributed by atoms with Crippen LogP contribution in [-0.2, 0) is 0 Å². The SMILES string of the molecule is CC1=CC(C)CC(C(O)c2ccncc2F)C1. The highest BCUT2D eigenvalue weighted by atomic mass is 19.1. The molecule has 1 aromatic heterocycles. The normalized spacial score (nSPS) is 26.5. The fourth-order valence-corrected chi connectivity index (χ4v) is 2.72. The van der Waals surface area contributed by atoms with Gasteiger partial charge in [0.25, 0.3) is 0 Å². The maximum absolute atomic E-state index is 13.6. The van der Waals surface area contributed by atoms with Crippen molar-refractivity contribution in [3.05, 3.63) is 41.5 Å². The summed E-state index contributed by atoms with van der Waals surface area (Å²) in [6.45, 7) is 4.20. The second kappa shape index (κ2) is 4.96. The Hall–Kier alpha value is -1.22. The number of aliphatic hydroxyl groups is 1. The standard InChI is InChI=1S/C14H18FNO/c1-9-5-10(2)7-11(6-9)14(17)12-3-4-16-8-13(12)15/h3-5,8-9,11,14,17H,6-7H2,1-2H3. The highest BCUT2D eigenvalue weighted by Gasteiger charge is 2.27. The van der Waals surface area contributed by atoms with Crippen LogP contribution in [0.1, 0.15) is 38.4 Å². The van der Waals surface area contributed by atoms with Crippen molar-refractivity contribution in [1.82, 2.24) is 4.98 Å². The molecule has 3 atom stereocenters. The average molecular weight is 235 g/mol. The predicted octanol–water partition coefficient (Wildman–Crippen LogP) is 3.25. The van der Waals surface area contributed by atoms with Crippen molar-refractivity contribution in [3.63, 3.8) is 0 Å². The van der Waals surface area contributed by atoms with Gasteiger partial charge in [0.15, 0.2) is 0 Å². The summed E-state index contributed by atoms with van der Waals surface area (Å²) in [6.07, 6.45) is 5.92. The maximum Gasteiger partial charge on any atom is 0.147 e. The Morgan fingerprint density at radius 2 is 2.29 bits per heavy atom. The average Bonchev–Trinajstić information content (AvgIpc) is 2.27. The van der Waals surface area contributed by atoms with Gasteiger partial charge < -0.3 is 5.11 Å². The number of nitrogens with zero attached hydrogens (tertiary/aromatic N) is 1. The molecule has 1 N–H and O–H groups in total. The van der Waals surface area contributed by atoms with E-state index >= 15 is 0 Å². The monoisotopic (exact) mass is 235 g/mol. The lowest BCUT2D eigenvalue weighted by atomic mass is 9.79. The number of pyridine rings is 1. The highest BCUT2D eigenvalue weighted by Crippen LogP contribution is 2.37. The second-order valence-electron chi connectivity index (χ2n) is 5.03. The summed E-state index contributed by atoms with van der Waals surface area (Å²) in [4.78, 5) is 3.70. The molecular weight excluding hydrogens is 217 g/mol. The molecule has 0 bridgehead atoms. The van der Waals surface area contributed by atoms with Gasteiger partial charge >= 0.3 is 0 Å². The van der Waals surface area contributed by atoms with E-state index in [2.05, 4.69) is 24.9 Å². The number of hydrogen-bond acceptors (Lipinski definition) is 2. The number of aliphatic hydroxyl groups excluding tert-OH is 1. The minimum atomic E-state index is -0.732. The summed E-state index contributed by atoms with van der Waals surface area (Å²) in [5, 5.41) is 10.3. The van der Waals surface area contributed by atoms with Crippen LogP contribution in [0.5, 0.6) is 0 Å². The minimum Gasteiger partial charge on any atom is -0.388 e. The highest BCUT2D eigenvalue weighted by molar-refractivity contribution is 5.18. The first-order valence-corrected chi connectivity index (χ1v) is 6.02. The fraction of sp³-hybridized carbons (Fsp3) is 0.500. The summed E-state index contributed by atoms with van der Waals surface area (Å²) in [7, 11) is 0. The van der Waals surface area contributed by atoms with Crippen molar-refractivity contribution in [2.45, 2.75) is 32.8 Å². The van der Waals surface area contributed by atoms with E-state index in [4.69, 9.17) is 0 Å². The van der Waals surface area contributed by atoms with Crippen LogP contribution < -0.4 is 0 Å². The molecule has 0 fully saturated rings. The van der Waals surface area contributed by atoms with E-state index < -0.39 is 11.9 Å². The smallest absolute Gasteiger partial charge is 0.147 e. The first kappa shape index (κ1) is 12.2. The number of allylic oxidation sites excluding steroid dienone is 2. The lowest BCUT2D eigenvalue weighted by Crippen LogP contribution is -2.20. The molecule has 92 valence electrons. The molecule has 2 rings (SSSR count). The zero-order valence-electron chi connectivity index (χ0n) is 10.2. The number of hydrogen-bond donors (Lipinski definition) is 1. The molecule has 2 nitrogen and oxygen atoms in total. The first-order chi connectivity index (χ1) is 8.08. The van der Waals surface area contributed by atoms with E-state index in [0.29, 0.717) is 11.5 Å². The van der Waals surface area contributed by atoms with Crippen molar-refractivity contribution in [3.8, 4) is 0 Å². The van der Waals surface area contributed by atoms with E-state index in [1.54, 1.807) is 6.07 Å². The van der Waals surface area contributed by atoms with Crippen molar-refractivity contribution in [1.29, 1.82) is 0 Å². The molecule has 0 spiro atoms. The molecule has 3 unspecified atom stereocenters. The number of aromatic nitrogens is 1. The van der Waals surface area contributed by atoms with E-state index in [0.717, 1.165) is 19.0 Å². The van der Waals surface area contributed by atoms with Crippen LogP contribution in [0.3, 0.4) is 0 Å². The van der Waals surface area contributed by atoms with Gasteiger partial charge in [0.1, 0.15) is 5.82 Å². The van der Waals surface area contributed by atoms with Crippen molar-refractivity contribution >= 4 is 0 Å². The molecule has 0 aliphatic heterocycles. The van der Waals surface area contributed by atoms with Crippen LogP contribution in [0.25, 0.3) is 0 Å². The molecular formula is C14H18FNO. The topological polar surface area (TPSA) is 33.1 Å². The maximum atomic E-state index is 13.6. The van der Waals surface area contributed by atoms with Crippen LogP contribution >= 0.6 is 0 Å². The van der Waals surface area contributed by atoms with Gasteiger partial charge in [-0.15, -0.1) is 0 Å². The van der Waals surface area contributed by atoms with E-state index in [1.165, 1.54) is 11.8 Å². The largest absolute Gasteiger partial charge is 0.388 e. The quantitative estimate of drug-likeness (QED) is 0.798. The van der Waals surface area contributed by atoms with Gasteiger partial charge in [0, 0.05) is 11.8 Å². The Kier molecular flexibility index (Phi) is 3.57. The van der Waals surface area contributed by atoms with Crippen LogP contribution in [0.2, 0.25) is 0 Å². The number of rotatable bonds is 2. The summed E-state index contributed by atoms with van der Waals surface area (Å²) in [5.41, 5.74) is 1.65. The molecule has 17 heavy (non-hydrogen) atoms. The fourth-order valence-electron chi connectivity index (χ4n) is 2.72. The van der Waals surface area contributed by atoms with E-state index in [1.807, 2.05) is 0 Å². The zero-order valence-corrected chi connectivity index (χ0v) is 10.2. The molecule has 1 aliphatic carbocycles. The summed E-state index contributed by atoms with van der Waals surface area (Å²) in [6, 6.07) is 1.57. The molecule has 0 radical (unpaired) electrons. The second-order valence-corrected chi connectivity index (χ2v) is 5.03. The predicted molar refractivity (Wildman–Crippen MR) is 64.8 cm³/mol. The Balaban J connectivity index is 2.19. The molecule has 3 heteroatoms. The van der Waals surface area contributed by atoms with Crippen molar-refractivity contribution in [2.24, 2.45) is 11.8 Å². The molecule has 0 saturated carbocycles. The van der Waals surface area contributed by atoms with Gasteiger partial charge in [0.2, 0.25) is 0 Å². The third kappa shape index (κ3) is 2.72. The van der Waals surface area contributed by atoms with Crippen LogP contribution in [0, 0.1) is 17.7 Å². The third-order valence-electron chi connectivity index (χ3n) is 3.40. The minimum absolute atomic E-state index is 0.104. The Bertz CT molecular complexity index is 430.